The largest absolute Gasteiger partial charge is 0.494 e. The van der Waals surface area contributed by atoms with Gasteiger partial charge in [-0.2, -0.15) is 0 Å². The third-order valence-electron chi connectivity index (χ3n) is 7.49. The molecule has 1 saturated heterocycles. The maximum Gasteiger partial charge on any atom is 0.253 e. The highest BCUT2D eigenvalue weighted by Crippen LogP contribution is 2.38. The van der Waals surface area contributed by atoms with E-state index >= 15 is 0 Å². The predicted molar refractivity (Wildman–Crippen MR) is 164 cm³/mol. The molecule has 8 heteroatoms. The Bertz CT molecular complexity index is 1640. The van der Waals surface area contributed by atoms with Crippen molar-refractivity contribution < 1.29 is 9.53 Å². The van der Waals surface area contributed by atoms with E-state index < -0.39 is 0 Å². The summed E-state index contributed by atoms with van der Waals surface area (Å²) in [6.45, 7) is 5.37. The average Bonchev–Trinajstić information content (AvgIpc) is 3.42. The van der Waals surface area contributed by atoms with Crippen LogP contribution in [0.1, 0.15) is 30.1 Å². The summed E-state index contributed by atoms with van der Waals surface area (Å²) in [6, 6.07) is 25.5. The Labute approximate surface area is 245 Å². The molecule has 0 saturated carbocycles. The molecule has 0 N–H and O–H groups in total. The van der Waals surface area contributed by atoms with Crippen LogP contribution in [0.25, 0.3) is 27.8 Å². The summed E-state index contributed by atoms with van der Waals surface area (Å²) in [5.41, 5.74) is 4.45. The molecular weight excluding hydrogens is 534 g/mol. The summed E-state index contributed by atoms with van der Waals surface area (Å²) in [5, 5.41) is 1.62. The zero-order valence-electron chi connectivity index (χ0n) is 23.0. The van der Waals surface area contributed by atoms with E-state index in [4.69, 9.17) is 26.3 Å². The molecule has 7 nitrogen and oxygen atoms in total. The lowest BCUT2D eigenvalue weighted by Crippen LogP contribution is -2.49. The fourth-order valence-electron chi connectivity index (χ4n) is 5.28. The summed E-state index contributed by atoms with van der Waals surface area (Å²) < 4.78 is 7.79. The van der Waals surface area contributed by atoms with Gasteiger partial charge in [-0.1, -0.05) is 67.4 Å². The van der Waals surface area contributed by atoms with Crippen molar-refractivity contribution in [2.24, 2.45) is 0 Å². The van der Waals surface area contributed by atoms with Gasteiger partial charge in [-0.25, -0.2) is 9.97 Å². The Morgan fingerprint density at radius 1 is 0.902 bits per heavy atom. The van der Waals surface area contributed by atoms with Crippen LogP contribution in [0.5, 0.6) is 5.75 Å². The van der Waals surface area contributed by atoms with Crippen LogP contribution in [0.15, 0.2) is 91.4 Å². The lowest BCUT2D eigenvalue weighted by molar-refractivity contribution is 0.0746. The first kappa shape index (κ1) is 26.8. The van der Waals surface area contributed by atoms with Crippen LogP contribution in [0.3, 0.4) is 0 Å². The summed E-state index contributed by atoms with van der Waals surface area (Å²) in [7, 11) is 0. The van der Waals surface area contributed by atoms with Crippen molar-refractivity contribution in [3.8, 4) is 22.6 Å². The molecular formula is C33H32ClN5O2. The maximum atomic E-state index is 13.3. The summed E-state index contributed by atoms with van der Waals surface area (Å²) in [4.78, 5) is 26.9. The number of hydrogen-bond donors (Lipinski definition) is 0. The highest BCUT2D eigenvalue weighted by molar-refractivity contribution is 6.32. The van der Waals surface area contributed by atoms with Crippen molar-refractivity contribution in [1.29, 1.82) is 0 Å². The highest BCUT2D eigenvalue weighted by atomic mass is 35.5. The Hall–Kier alpha value is -4.36. The first-order chi connectivity index (χ1) is 20.1. The van der Waals surface area contributed by atoms with Crippen LogP contribution in [0.2, 0.25) is 5.02 Å². The fourth-order valence-corrected chi connectivity index (χ4v) is 5.51. The zero-order valence-corrected chi connectivity index (χ0v) is 23.8. The Kier molecular flexibility index (Phi) is 7.87. The molecule has 6 rings (SSSR count). The first-order valence-corrected chi connectivity index (χ1v) is 14.5. The molecule has 1 aliphatic heterocycles. The first-order valence-electron chi connectivity index (χ1n) is 14.1. The minimum Gasteiger partial charge on any atom is -0.494 e. The second-order valence-corrected chi connectivity index (χ2v) is 10.5. The number of amides is 1. The molecule has 0 bridgehead atoms. The summed E-state index contributed by atoms with van der Waals surface area (Å²) in [5.74, 6) is 1.69. The van der Waals surface area contributed by atoms with Crippen LogP contribution in [0, 0.1) is 0 Å². The van der Waals surface area contributed by atoms with Crippen molar-refractivity contribution in [1.82, 2.24) is 19.4 Å². The van der Waals surface area contributed by atoms with Gasteiger partial charge in [0, 0.05) is 43.5 Å². The molecule has 41 heavy (non-hydrogen) atoms. The molecule has 0 spiro atoms. The van der Waals surface area contributed by atoms with Crippen molar-refractivity contribution in [2.75, 3.05) is 37.7 Å². The van der Waals surface area contributed by atoms with Gasteiger partial charge in [-0.05, 0) is 48.4 Å². The Morgan fingerprint density at radius 3 is 2.37 bits per heavy atom. The van der Waals surface area contributed by atoms with Crippen LogP contribution in [-0.2, 0) is 0 Å². The number of piperazine rings is 1. The number of anilines is 1. The molecule has 1 aliphatic rings. The van der Waals surface area contributed by atoms with Gasteiger partial charge in [0.25, 0.3) is 5.91 Å². The summed E-state index contributed by atoms with van der Waals surface area (Å²) >= 11 is 6.62. The van der Waals surface area contributed by atoms with E-state index in [1.165, 1.54) is 0 Å². The number of halogens is 1. The van der Waals surface area contributed by atoms with E-state index in [9.17, 15) is 4.79 Å². The van der Waals surface area contributed by atoms with Crippen molar-refractivity contribution in [2.45, 2.75) is 19.8 Å². The molecule has 0 radical (unpaired) electrons. The molecule has 0 atom stereocenters. The van der Waals surface area contributed by atoms with E-state index in [1.54, 1.807) is 6.33 Å². The van der Waals surface area contributed by atoms with Gasteiger partial charge in [0.2, 0.25) is 0 Å². The predicted octanol–water partition coefficient (Wildman–Crippen LogP) is 6.88. The van der Waals surface area contributed by atoms with E-state index in [1.807, 2.05) is 76.2 Å². The Balaban J connectivity index is 1.27. The molecule has 5 aromatic rings. The quantitative estimate of drug-likeness (QED) is 0.192. The number of ether oxygens (including phenoxy) is 1. The third kappa shape index (κ3) is 5.50. The average molecular weight is 566 g/mol. The molecule has 0 unspecified atom stereocenters. The number of aromatic nitrogens is 3. The van der Waals surface area contributed by atoms with E-state index in [2.05, 4.69) is 30.2 Å². The van der Waals surface area contributed by atoms with Gasteiger partial charge in [-0.15, -0.1) is 0 Å². The smallest absolute Gasteiger partial charge is 0.253 e. The molecule has 208 valence electrons. The van der Waals surface area contributed by atoms with Gasteiger partial charge in [0.1, 0.15) is 17.9 Å². The topological polar surface area (TPSA) is 63.5 Å². The van der Waals surface area contributed by atoms with E-state index in [0.29, 0.717) is 43.4 Å². The summed E-state index contributed by atoms with van der Waals surface area (Å²) in [6.07, 6.45) is 5.81. The molecule has 3 aromatic carbocycles. The van der Waals surface area contributed by atoms with Gasteiger partial charge in [-0.3, -0.25) is 9.36 Å². The second kappa shape index (κ2) is 12.0. The number of para-hydroxylation sites is 1. The van der Waals surface area contributed by atoms with Crippen LogP contribution >= 0.6 is 11.6 Å². The van der Waals surface area contributed by atoms with Crippen LogP contribution < -0.4 is 9.64 Å². The van der Waals surface area contributed by atoms with Gasteiger partial charge >= 0.3 is 0 Å². The normalized spacial score (nSPS) is 13.5. The number of nitrogens with zero attached hydrogens (tertiary/aromatic N) is 5. The molecule has 2 aromatic heterocycles. The monoisotopic (exact) mass is 565 g/mol. The van der Waals surface area contributed by atoms with Gasteiger partial charge in [0.15, 0.2) is 5.65 Å². The number of carbonyl (C=O) groups is 1. The Morgan fingerprint density at radius 2 is 1.63 bits per heavy atom. The van der Waals surface area contributed by atoms with Crippen molar-refractivity contribution in [3.05, 3.63) is 102 Å². The third-order valence-corrected chi connectivity index (χ3v) is 7.81. The minimum atomic E-state index is 0.0347. The van der Waals surface area contributed by atoms with Crippen molar-refractivity contribution >= 4 is 34.4 Å². The van der Waals surface area contributed by atoms with Gasteiger partial charge < -0.3 is 14.5 Å². The lowest BCUT2D eigenvalue weighted by atomic mass is 10.1. The number of benzene rings is 3. The number of fused-ring (bicyclic) bond motifs is 1. The number of rotatable bonds is 8. The van der Waals surface area contributed by atoms with Crippen LogP contribution in [-0.4, -0.2) is 58.1 Å². The lowest BCUT2D eigenvalue weighted by Gasteiger charge is -2.35. The second-order valence-electron chi connectivity index (χ2n) is 10.1. The number of hydrogen-bond acceptors (Lipinski definition) is 5. The number of unbranched alkanes of at least 4 members (excludes halogenated alkanes) is 1. The van der Waals surface area contributed by atoms with Crippen LogP contribution in [0.4, 0.5) is 5.82 Å². The molecule has 3 heterocycles. The molecule has 1 amide bonds. The number of carbonyl (C=O) groups excluding carboxylic acids is 1. The fraction of sp³-hybridized carbons (Fsp3) is 0.242. The van der Waals surface area contributed by atoms with E-state index in [-0.39, 0.29) is 5.91 Å². The van der Waals surface area contributed by atoms with Gasteiger partial charge in [0.05, 0.1) is 22.7 Å². The van der Waals surface area contributed by atoms with E-state index in [0.717, 1.165) is 52.3 Å². The SMILES string of the molecule is CCCCOc1ccc(C(=O)N2CCN(c3ncnc4c3c(-c3ccccc3)cn4-c3ccccc3Cl)CC2)cc1. The zero-order chi connectivity index (χ0) is 28.2. The standard InChI is InChI=1S/C33H32ClN5O2/c1-2-3-21-41-26-15-13-25(14-16-26)33(40)38-19-17-37(18-20-38)31-30-27(24-9-5-4-6-10-24)22-39(32(30)36-23-35-31)29-12-8-7-11-28(29)34/h4-16,22-23H,2-3,17-21H2,1H3. The maximum absolute atomic E-state index is 13.3. The molecule has 0 aliphatic carbocycles. The highest BCUT2D eigenvalue weighted by Gasteiger charge is 2.26. The minimum absolute atomic E-state index is 0.0347. The van der Waals surface area contributed by atoms with Crippen molar-refractivity contribution in [3.63, 3.8) is 0 Å². The molecule has 1 fully saturated rings.